The maximum absolute atomic E-state index is 2.07. The molecule has 0 aromatic carbocycles. The predicted octanol–water partition coefficient (Wildman–Crippen LogP) is 3.18. The van der Waals surface area contributed by atoms with Gasteiger partial charge in [0.15, 0.2) is 0 Å². The van der Waals surface area contributed by atoms with Gasteiger partial charge in [-0.1, -0.05) is 27.7 Å². The average molecular weight is 152 g/mol. The van der Waals surface area contributed by atoms with Gasteiger partial charge in [0.25, 0.3) is 0 Å². The minimum absolute atomic E-state index is 1.75. The highest BCUT2D eigenvalue weighted by atomic mass is 33.5. The van der Waals surface area contributed by atoms with Crippen LogP contribution >= 0.6 is 31.4 Å². The van der Waals surface area contributed by atoms with Crippen molar-refractivity contribution in [1.29, 1.82) is 0 Å². The van der Waals surface area contributed by atoms with Crippen molar-refractivity contribution in [3.63, 3.8) is 0 Å². The Bertz CT molecular complexity index is 50.9. The molecule has 0 unspecified atom stereocenters. The first-order valence-electron chi connectivity index (χ1n) is 1.89. The lowest BCUT2D eigenvalue weighted by Crippen LogP contribution is -1.35. The molecule has 0 saturated heterocycles. The van der Waals surface area contributed by atoms with E-state index in [9.17, 15) is 0 Å². The van der Waals surface area contributed by atoms with Crippen molar-refractivity contribution >= 4 is 31.4 Å². The molecule has 7 heavy (non-hydrogen) atoms. The summed E-state index contributed by atoms with van der Waals surface area (Å²) in [5.41, 5.74) is 0. The zero-order chi connectivity index (χ0) is 5.54. The largest absolute Gasteiger partial charge is 0.0857 e. The van der Waals surface area contributed by atoms with Crippen molar-refractivity contribution < 1.29 is 0 Å². The summed E-state index contributed by atoms with van der Waals surface area (Å²) in [5, 5.41) is 2.07. The molecule has 0 atom stereocenters. The fourth-order valence-electron chi connectivity index (χ4n) is 0.118. The van der Waals surface area contributed by atoms with Crippen molar-refractivity contribution in [3.8, 4) is 0 Å². The van der Waals surface area contributed by atoms with Gasteiger partial charge in [0.2, 0.25) is 0 Å². The van der Waals surface area contributed by atoms with Crippen LogP contribution in [0.4, 0.5) is 0 Å². The predicted molar refractivity (Wildman–Crippen MR) is 43.5 cm³/mol. The second kappa shape index (κ2) is 6.79. The van der Waals surface area contributed by atoms with Crippen molar-refractivity contribution in [2.45, 2.75) is 6.92 Å². The molecule has 0 aromatic rings. The summed E-state index contributed by atoms with van der Waals surface area (Å²) in [4.78, 5) is 0. The van der Waals surface area contributed by atoms with Gasteiger partial charge in [-0.3, -0.25) is 0 Å². The molecule has 0 radical (unpaired) electrons. The van der Waals surface area contributed by atoms with E-state index >= 15 is 0 Å². The van der Waals surface area contributed by atoms with Crippen molar-refractivity contribution in [2.24, 2.45) is 0 Å². The van der Waals surface area contributed by atoms with Crippen LogP contribution in [0.25, 0.3) is 0 Å². The molecular weight excluding hydrogens is 144 g/mol. The lowest BCUT2D eigenvalue weighted by molar-refractivity contribution is 1.79. The van der Waals surface area contributed by atoms with E-state index in [0.717, 1.165) is 0 Å². The molecule has 0 rings (SSSR count). The van der Waals surface area contributed by atoms with E-state index in [0.29, 0.717) is 0 Å². The van der Waals surface area contributed by atoms with E-state index in [1.807, 2.05) is 13.0 Å². The Kier molecular flexibility index (Phi) is 7.56. The third kappa shape index (κ3) is 6.79. The van der Waals surface area contributed by atoms with Crippen LogP contribution in [0.5, 0.6) is 0 Å². The van der Waals surface area contributed by atoms with E-state index in [4.69, 9.17) is 0 Å². The minimum Gasteiger partial charge on any atom is -0.0857 e. The van der Waals surface area contributed by atoms with Crippen LogP contribution in [0, 0.1) is 0 Å². The molecule has 0 spiro atoms. The lowest BCUT2D eigenvalue weighted by atomic mass is 10.8. The Hall–Kier alpha value is 0.790. The highest BCUT2D eigenvalue weighted by Gasteiger charge is 1.74. The van der Waals surface area contributed by atoms with Gasteiger partial charge in [-0.2, -0.15) is 0 Å². The maximum Gasteiger partial charge on any atom is -0.00708 e. The van der Waals surface area contributed by atoms with Crippen LogP contribution in [-0.4, -0.2) is 6.26 Å². The number of rotatable bonds is 3. The first kappa shape index (κ1) is 7.79. The fraction of sp³-hybridized carbons (Fsp3) is 0.500. The molecule has 0 fully saturated rings. The molecule has 0 aliphatic carbocycles. The fourth-order valence-corrected chi connectivity index (χ4v) is 2.17. The van der Waals surface area contributed by atoms with Crippen LogP contribution in [0.15, 0.2) is 11.5 Å². The molecule has 0 amide bonds. The molecule has 42 valence electrons. The summed E-state index contributed by atoms with van der Waals surface area (Å²) < 4.78 is 0. The van der Waals surface area contributed by atoms with Crippen molar-refractivity contribution in [1.82, 2.24) is 0 Å². The van der Waals surface area contributed by atoms with E-state index in [1.165, 1.54) is 0 Å². The Morgan fingerprint density at radius 3 is 2.57 bits per heavy atom. The molecule has 0 aliphatic heterocycles. The summed E-state index contributed by atoms with van der Waals surface area (Å²) in [6, 6.07) is 0. The smallest absolute Gasteiger partial charge is 0.00708 e. The molecule has 0 aromatic heterocycles. The van der Waals surface area contributed by atoms with Gasteiger partial charge in [-0.15, -0.1) is 0 Å². The molecule has 3 heteroatoms. The van der Waals surface area contributed by atoms with Gasteiger partial charge in [0.05, 0.1) is 0 Å². The third-order valence-electron chi connectivity index (χ3n) is 0.299. The summed E-state index contributed by atoms with van der Waals surface area (Å²) in [6.07, 6.45) is 4.11. The van der Waals surface area contributed by atoms with Crippen molar-refractivity contribution in [2.75, 3.05) is 6.26 Å². The molecule has 0 aliphatic rings. The summed E-state index contributed by atoms with van der Waals surface area (Å²) in [6.45, 7) is 2.02. The van der Waals surface area contributed by atoms with E-state index < -0.39 is 0 Å². The topological polar surface area (TPSA) is 0 Å². The first-order chi connectivity index (χ1) is 3.41. The van der Waals surface area contributed by atoms with Crippen LogP contribution in [0.1, 0.15) is 6.92 Å². The highest BCUT2D eigenvalue weighted by molar-refractivity contribution is 9.09. The lowest BCUT2D eigenvalue weighted by Gasteiger charge is -1.82. The Labute approximate surface area is 56.3 Å². The second-order valence-corrected chi connectivity index (χ2v) is 4.94. The third-order valence-corrected chi connectivity index (χ3v) is 3.81. The van der Waals surface area contributed by atoms with E-state index in [-0.39, 0.29) is 0 Å². The molecule has 0 bridgehead atoms. The molecular formula is C4H8S3. The normalized spacial score (nSPS) is 10.6. The standard InChI is InChI=1S/C4H8S3/c1-3-4-6-7-5-2/h3-4H,1-2H3/b4-3-. The Morgan fingerprint density at radius 2 is 2.14 bits per heavy atom. The zero-order valence-corrected chi connectivity index (χ0v) is 6.83. The minimum atomic E-state index is 1.75. The molecule has 0 nitrogen and oxygen atoms in total. The molecule has 0 heterocycles. The molecule has 0 N–H and O–H groups in total. The first-order valence-corrected chi connectivity index (χ1v) is 5.84. The van der Waals surface area contributed by atoms with Gasteiger partial charge in [-0.05, 0) is 28.4 Å². The second-order valence-electron chi connectivity index (χ2n) is 0.800. The summed E-state index contributed by atoms with van der Waals surface area (Å²) in [5.74, 6) is 0. The zero-order valence-electron chi connectivity index (χ0n) is 4.38. The van der Waals surface area contributed by atoms with Crippen LogP contribution in [0.2, 0.25) is 0 Å². The number of hydrogen-bond acceptors (Lipinski definition) is 3. The Morgan fingerprint density at radius 1 is 1.43 bits per heavy atom. The molecule has 0 saturated carbocycles. The Balaban J connectivity index is 2.69. The van der Waals surface area contributed by atoms with Gasteiger partial charge in [0, 0.05) is 0 Å². The quantitative estimate of drug-likeness (QED) is 0.450. The van der Waals surface area contributed by atoms with Gasteiger partial charge in [-0.25, -0.2) is 0 Å². The van der Waals surface area contributed by atoms with Crippen LogP contribution in [-0.2, 0) is 0 Å². The van der Waals surface area contributed by atoms with Crippen LogP contribution < -0.4 is 0 Å². The van der Waals surface area contributed by atoms with Gasteiger partial charge in [0.1, 0.15) is 0 Å². The summed E-state index contributed by atoms with van der Waals surface area (Å²) >= 11 is 0. The highest BCUT2D eigenvalue weighted by Crippen LogP contribution is 2.32. The number of hydrogen-bond donors (Lipinski definition) is 0. The average Bonchev–Trinajstić information content (AvgIpc) is 1.69. The SMILES string of the molecule is C/C=C\SSSC. The monoisotopic (exact) mass is 152 g/mol. The van der Waals surface area contributed by atoms with Crippen molar-refractivity contribution in [3.05, 3.63) is 11.5 Å². The van der Waals surface area contributed by atoms with E-state index in [2.05, 4.69) is 11.7 Å². The maximum atomic E-state index is 2.07. The van der Waals surface area contributed by atoms with Crippen LogP contribution in [0.3, 0.4) is 0 Å². The summed E-state index contributed by atoms with van der Waals surface area (Å²) in [7, 11) is 5.30. The number of allylic oxidation sites excluding steroid dienone is 1. The van der Waals surface area contributed by atoms with Gasteiger partial charge < -0.3 is 0 Å². The van der Waals surface area contributed by atoms with E-state index in [1.54, 1.807) is 31.4 Å². The van der Waals surface area contributed by atoms with Gasteiger partial charge >= 0.3 is 0 Å².